The van der Waals surface area contributed by atoms with Crippen molar-refractivity contribution in [2.24, 2.45) is 17.1 Å². The van der Waals surface area contributed by atoms with E-state index in [2.05, 4.69) is 32.2 Å². The Hall–Kier alpha value is -0.340. The van der Waals surface area contributed by atoms with E-state index in [0.717, 1.165) is 0 Å². The maximum absolute atomic E-state index is 6.41. The highest BCUT2D eigenvalue weighted by Crippen LogP contribution is 2.43. The van der Waals surface area contributed by atoms with Crippen molar-refractivity contribution in [3.63, 3.8) is 0 Å². The number of hydrogen-bond donors (Lipinski definition) is 1. The Balaban J connectivity index is 2.02. The second-order valence-electron chi connectivity index (χ2n) is 6.00. The Kier molecular flexibility index (Phi) is 3.41. The summed E-state index contributed by atoms with van der Waals surface area (Å²) in [5, 5.41) is 2.16. The van der Waals surface area contributed by atoms with Crippen LogP contribution in [0.3, 0.4) is 0 Å². The molecular formula is C14H23NS. The Morgan fingerprint density at radius 2 is 2.00 bits per heavy atom. The molecule has 0 bridgehead atoms. The number of hydrogen-bond acceptors (Lipinski definition) is 2. The molecule has 0 amide bonds. The first kappa shape index (κ1) is 12.1. The van der Waals surface area contributed by atoms with Crippen LogP contribution in [0.15, 0.2) is 11.4 Å². The van der Waals surface area contributed by atoms with Gasteiger partial charge in [0.1, 0.15) is 0 Å². The molecule has 2 N–H and O–H groups in total. The molecule has 1 aromatic rings. The van der Waals surface area contributed by atoms with Crippen LogP contribution in [-0.2, 0) is 0 Å². The molecule has 1 heterocycles. The van der Waals surface area contributed by atoms with E-state index in [1.54, 1.807) is 0 Å². The molecular weight excluding hydrogens is 214 g/mol. The van der Waals surface area contributed by atoms with Gasteiger partial charge in [0, 0.05) is 10.9 Å². The molecule has 0 spiro atoms. The highest BCUT2D eigenvalue weighted by Gasteiger charge is 2.31. The van der Waals surface area contributed by atoms with Crippen LogP contribution >= 0.6 is 11.3 Å². The van der Waals surface area contributed by atoms with Crippen LogP contribution in [-0.4, -0.2) is 0 Å². The lowest BCUT2D eigenvalue weighted by molar-refractivity contribution is 0.174. The Labute approximate surface area is 103 Å². The monoisotopic (exact) mass is 237 g/mol. The topological polar surface area (TPSA) is 26.0 Å². The third kappa shape index (κ3) is 2.49. The summed E-state index contributed by atoms with van der Waals surface area (Å²) in [6, 6.07) is 2.46. The van der Waals surface area contributed by atoms with E-state index in [1.165, 1.54) is 36.1 Å². The molecule has 0 radical (unpaired) electrons. The second-order valence-corrected chi connectivity index (χ2v) is 6.94. The van der Waals surface area contributed by atoms with Gasteiger partial charge in [-0.2, -0.15) is 0 Å². The van der Waals surface area contributed by atoms with E-state index >= 15 is 0 Å². The van der Waals surface area contributed by atoms with Gasteiger partial charge >= 0.3 is 0 Å². The van der Waals surface area contributed by atoms with Crippen LogP contribution in [0.4, 0.5) is 0 Å². The molecule has 1 saturated carbocycles. The van der Waals surface area contributed by atoms with E-state index in [-0.39, 0.29) is 6.04 Å². The van der Waals surface area contributed by atoms with Crippen molar-refractivity contribution in [3.8, 4) is 0 Å². The van der Waals surface area contributed by atoms with Crippen molar-refractivity contribution >= 4 is 11.3 Å². The molecule has 90 valence electrons. The molecule has 1 nitrogen and oxygen atoms in total. The van der Waals surface area contributed by atoms with Crippen molar-refractivity contribution in [3.05, 3.63) is 21.9 Å². The normalized spacial score (nSPS) is 23.2. The largest absolute Gasteiger partial charge is 0.323 e. The van der Waals surface area contributed by atoms with Gasteiger partial charge in [-0.15, -0.1) is 11.3 Å². The van der Waals surface area contributed by atoms with Gasteiger partial charge in [-0.1, -0.05) is 13.8 Å². The molecule has 16 heavy (non-hydrogen) atoms. The van der Waals surface area contributed by atoms with Gasteiger partial charge in [-0.25, -0.2) is 0 Å². The van der Waals surface area contributed by atoms with Gasteiger partial charge in [0.25, 0.3) is 0 Å². The van der Waals surface area contributed by atoms with Crippen molar-refractivity contribution in [2.75, 3.05) is 0 Å². The van der Waals surface area contributed by atoms with Crippen molar-refractivity contribution in [1.29, 1.82) is 0 Å². The van der Waals surface area contributed by atoms with Gasteiger partial charge in [0.05, 0.1) is 0 Å². The standard InChI is InChI=1S/C14H23NS/c1-10-6-9-16-13(10)12(15)11-4-7-14(2,3)8-5-11/h6,9,11-12H,4-5,7-8,15H2,1-3H3. The van der Waals surface area contributed by atoms with Crippen LogP contribution in [0.2, 0.25) is 0 Å². The van der Waals surface area contributed by atoms with Crippen molar-refractivity contribution < 1.29 is 0 Å². The minimum atomic E-state index is 0.274. The molecule has 1 fully saturated rings. The summed E-state index contributed by atoms with van der Waals surface area (Å²) < 4.78 is 0. The summed E-state index contributed by atoms with van der Waals surface area (Å²) in [6.07, 6.45) is 5.25. The summed E-state index contributed by atoms with van der Waals surface area (Å²) in [7, 11) is 0. The fourth-order valence-electron chi connectivity index (χ4n) is 2.72. The van der Waals surface area contributed by atoms with E-state index in [0.29, 0.717) is 11.3 Å². The summed E-state index contributed by atoms with van der Waals surface area (Å²) in [6.45, 7) is 6.94. The fraction of sp³-hybridized carbons (Fsp3) is 0.714. The molecule has 0 aliphatic heterocycles. The summed E-state index contributed by atoms with van der Waals surface area (Å²) in [4.78, 5) is 1.41. The van der Waals surface area contributed by atoms with E-state index in [1.807, 2.05) is 11.3 Å². The molecule has 0 aromatic carbocycles. The highest BCUT2D eigenvalue weighted by atomic mass is 32.1. The van der Waals surface area contributed by atoms with E-state index in [9.17, 15) is 0 Å². The molecule has 2 rings (SSSR count). The molecule has 2 heteroatoms. The zero-order valence-electron chi connectivity index (χ0n) is 10.6. The fourth-order valence-corrected chi connectivity index (χ4v) is 3.74. The number of aryl methyl sites for hydroxylation is 1. The first-order valence-corrected chi connectivity index (χ1v) is 7.17. The average Bonchev–Trinajstić information content (AvgIpc) is 2.63. The second kappa shape index (κ2) is 4.50. The molecule has 1 atom stereocenters. The Morgan fingerprint density at radius 1 is 1.38 bits per heavy atom. The van der Waals surface area contributed by atoms with Crippen LogP contribution in [0.5, 0.6) is 0 Å². The van der Waals surface area contributed by atoms with Crippen molar-refractivity contribution in [1.82, 2.24) is 0 Å². The van der Waals surface area contributed by atoms with Gasteiger partial charge in [0.2, 0.25) is 0 Å². The van der Waals surface area contributed by atoms with E-state index < -0.39 is 0 Å². The molecule has 1 aliphatic carbocycles. The third-order valence-corrected chi connectivity index (χ3v) is 5.22. The van der Waals surface area contributed by atoms with Crippen LogP contribution < -0.4 is 5.73 Å². The highest BCUT2D eigenvalue weighted by molar-refractivity contribution is 7.10. The average molecular weight is 237 g/mol. The van der Waals surface area contributed by atoms with Gasteiger partial charge in [0.15, 0.2) is 0 Å². The zero-order valence-corrected chi connectivity index (χ0v) is 11.4. The van der Waals surface area contributed by atoms with Crippen LogP contribution in [0.1, 0.15) is 56.0 Å². The van der Waals surface area contributed by atoms with Gasteiger partial charge in [-0.3, -0.25) is 0 Å². The number of nitrogens with two attached hydrogens (primary N) is 1. The molecule has 1 aromatic heterocycles. The first-order valence-electron chi connectivity index (χ1n) is 6.29. The Morgan fingerprint density at radius 3 is 2.50 bits per heavy atom. The SMILES string of the molecule is Cc1ccsc1C(N)C1CCC(C)(C)CC1. The molecule has 1 unspecified atom stereocenters. The quantitative estimate of drug-likeness (QED) is 0.816. The Bertz CT molecular complexity index is 343. The number of rotatable bonds is 2. The van der Waals surface area contributed by atoms with Crippen LogP contribution in [0.25, 0.3) is 0 Å². The third-order valence-electron chi connectivity index (χ3n) is 4.10. The van der Waals surface area contributed by atoms with E-state index in [4.69, 9.17) is 5.73 Å². The maximum atomic E-state index is 6.41. The van der Waals surface area contributed by atoms with Gasteiger partial charge in [-0.05, 0) is 60.9 Å². The molecule has 0 saturated heterocycles. The minimum absolute atomic E-state index is 0.274. The lowest BCUT2D eigenvalue weighted by Crippen LogP contribution is -2.28. The maximum Gasteiger partial charge on any atom is 0.0421 e. The number of thiophene rings is 1. The lowest BCUT2D eigenvalue weighted by atomic mass is 9.71. The van der Waals surface area contributed by atoms with Crippen molar-refractivity contribution in [2.45, 2.75) is 52.5 Å². The lowest BCUT2D eigenvalue weighted by Gasteiger charge is -2.36. The van der Waals surface area contributed by atoms with Gasteiger partial charge < -0.3 is 5.73 Å². The first-order chi connectivity index (χ1) is 7.49. The zero-order chi connectivity index (χ0) is 11.8. The van der Waals surface area contributed by atoms with Crippen LogP contribution in [0, 0.1) is 18.3 Å². The summed E-state index contributed by atoms with van der Waals surface area (Å²) >= 11 is 1.83. The minimum Gasteiger partial charge on any atom is -0.323 e. The predicted octanol–water partition coefficient (Wildman–Crippen LogP) is 4.27. The summed E-state index contributed by atoms with van der Waals surface area (Å²) in [5.41, 5.74) is 8.33. The molecule has 1 aliphatic rings. The predicted molar refractivity (Wildman–Crippen MR) is 71.7 cm³/mol. The summed E-state index contributed by atoms with van der Waals surface area (Å²) in [5.74, 6) is 0.699. The smallest absolute Gasteiger partial charge is 0.0421 e.